The molecule has 0 aromatic rings. The molecule has 0 radical (unpaired) electrons. The van der Waals surface area contributed by atoms with Crippen molar-refractivity contribution in [2.75, 3.05) is 26.9 Å². The summed E-state index contributed by atoms with van der Waals surface area (Å²) in [6.07, 6.45) is 6.58. The Balaban J connectivity index is 2.57. The number of nitrogens with zero attached hydrogens (tertiary/aromatic N) is 1. The van der Waals surface area contributed by atoms with Gasteiger partial charge in [-0.1, -0.05) is 31.6 Å². The molecule has 0 aromatic heterocycles. The molecule has 0 aromatic carbocycles. The van der Waals surface area contributed by atoms with Crippen LogP contribution in [0.3, 0.4) is 0 Å². The van der Waals surface area contributed by atoms with Gasteiger partial charge in [-0.15, -0.1) is 0 Å². The van der Waals surface area contributed by atoms with Crippen molar-refractivity contribution in [2.45, 2.75) is 26.7 Å². The second-order valence-corrected chi connectivity index (χ2v) is 4.46. The van der Waals surface area contributed by atoms with Crippen molar-refractivity contribution in [3.63, 3.8) is 0 Å². The second kappa shape index (κ2) is 7.17. The Labute approximate surface area is 105 Å². The molecule has 1 rings (SSSR count). The van der Waals surface area contributed by atoms with Gasteiger partial charge in [0.25, 0.3) is 0 Å². The molecule has 3 heteroatoms. The maximum atomic E-state index is 5.64. The fraction of sp³-hybridized carbons (Fsp3) is 0.571. The van der Waals surface area contributed by atoms with Crippen LogP contribution in [0.25, 0.3) is 0 Å². The highest BCUT2D eigenvalue weighted by atomic mass is 16.5. The van der Waals surface area contributed by atoms with Gasteiger partial charge >= 0.3 is 0 Å². The Kier molecular flexibility index (Phi) is 5.84. The van der Waals surface area contributed by atoms with E-state index in [9.17, 15) is 0 Å². The van der Waals surface area contributed by atoms with Crippen molar-refractivity contribution in [1.29, 1.82) is 0 Å². The molecule has 1 fully saturated rings. The lowest BCUT2D eigenvalue weighted by molar-refractivity contribution is 0.133. The lowest BCUT2D eigenvalue weighted by Crippen LogP contribution is -2.38. The first-order chi connectivity index (χ1) is 8.17. The van der Waals surface area contributed by atoms with Crippen molar-refractivity contribution in [3.8, 4) is 0 Å². The van der Waals surface area contributed by atoms with E-state index < -0.39 is 0 Å². The Morgan fingerprint density at radius 1 is 1.59 bits per heavy atom. The van der Waals surface area contributed by atoms with Crippen molar-refractivity contribution in [3.05, 3.63) is 35.8 Å². The zero-order chi connectivity index (χ0) is 12.7. The first-order valence-electron chi connectivity index (χ1n) is 6.23. The number of allylic oxidation sites excluding steroid dienone is 3. The minimum Gasteiger partial charge on any atom is -0.490 e. The summed E-state index contributed by atoms with van der Waals surface area (Å²) in [6, 6.07) is 0. The molecule has 0 spiro atoms. The van der Waals surface area contributed by atoms with Crippen LogP contribution in [0.2, 0.25) is 0 Å². The molecule has 0 saturated carbocycles. The molecule has 0 unspecified atom stereocenters. The minimum atomic E-state index is 0.591. The van der Waals surface area contributed by atoms with Crippen molar-refractivity contribution in [1.82, 2.24) is 10.2 Å². The van der Waals surface area contributed by atoms with Crippen LogP contribution in [0.15, 0.2) is 35.8 Å². The highest BCUT2D eigenvalue weighted by Crippen LogP contribution is 2.16. The lowest BCUT2D eigenvalue weighted by Gasteiger charge is -2.32. The van der Waals surface area contributed by atoms with Crippen molar-refractivity contribution in [2.24, 2.45) is 0 Å². The van der Waals surface area contributed by atoms with Crippen LogP contribution in [-0.2, 0) is 4.74 Å². The van der Waals surface area contributed by atoms with E-state index in [0.29, 0.717) is 6.61 Å². The third kappa shape index (κ3) is 4.65. The van der Waals surface area contributed by atoms with Gasteiger partial charge in [0.15, 0.2) is 0 Å². The van der Waals surface area contributed by atoms with Crippen LogP contribution in [-0.4, -0.2) is 31.8 Å². The van der Waals surface area contributed by atoms with Crippen LogP contribution in [0.5, 0.6) is 0 Å². The van der Waals surface area contributed by atoms with Crippen molar-refractivity contribution >= 4 is 0 Å². The van der Waals surface area contributed by atoms with Crippen molar-refractivity contribution < 1.29 is 4.74 Å². The summed E-state index contributed by atoms with van der Waals surface area (Å²) in [7, 11) is 1.94. The van der Waals surface area contributed by atoms with E-state index in [1.54, 1.807) is 0 Å². The molecule has 1 saturated heterocycles. The van der Waals surface area contributed by atoms with E-state index in [4.69, 9.17) is 4.74 Å². The second-order valence-electron chi connectivity index (χ2n) is 4.46. The Bertz CT molecular complexity index is 318. The van der Waals surface area contributed by atoms with Crippen LogP contribution in [0.1, 0.15) is 26.7 Å². The summed E-state index contributed by atoms with van der Waals surface area (Å²) in [5, 5.41) is 3.14. The summed E-state index contributed by atoms with van der Waals surface area (Å²) in [5.74, 6) is 1.02. The molecule has 1 heterocycles. The Morgan fingerprint density at radius 3 is 3.00 bits per heavy atom. The van der Waals surface area contributed by atoms with Gasteiger partial charge in [-0.25, -0.2) is 0 Å². The Hall–Kier alpha value is -1.22. The number of hydrogen-bond acceptors (Lipinski definition) is 3. The molecule has 3 nitrogen and oxygen atoms in total. The standard InChI is InChI=1S/C14H24N2O/c1-5-6-12(2)7-8-14-9-16(11-15-4)13(3)10-17-14/h7-8,15H,3,5-6,9-11H2,1-2,4H3/b12-7+,14-8+. The quantitative estimate of drug-likeness (QED) is 0.794. The summed E-state index contributed by atoms with van der Waals surface area (Å²) in [6.45, 7) is 10.6. The fourth-order valence-corrected chi connectivity index (χ4v) is 1.79. The molecular weight excluding hydrogens is 212 g/mol. The van der Waals surface area contributed by atoms with E-state index in [2.05, 4.69) is 42.8 Å². The highest BCUT2D eigenvalue weighted by molar-refractivity contribution is 5.17. The largest absolute Gasteiger partial charge is 0.490 e. The van der Waals surface area contributed by atoms with E-state index in [1.807, 2.05) is 7.05 Å². The first-order valence-corrected chi connectivity index (χ1v) is 6.23. The molecule has 1 N–H and O–H groups in total. The SMILES string of the molecule is C=C1CO/C(=C/C=C(\C)CCC)CN1CNC. The van der Waals surface area contributed by atoms with E-state index in [-0.39, 0.29) is 0 Å². The summed E-state index contributed by atoms with van der Waals surface area (Å²) < 4.78 is 5.64. The number of morpholine rings is 1. The molecule has 0 atom stereocenters. The van der Waals surface area contributed by atoms with Gasteiger partial charge in [0.05, 0.1) is 13.2 Å². The zero-order valence-corrected chi connectivity index (χ0v) is 11.3. The predicted molar refractivity (Wildman–Crippen MR) is 72.5 cm³/mol. The minimum absolute atomic E-state index is 0.591. The normalized spacial score (nSPS) is 19.7. The Morgan fingerprint density at radius 2 is 2.35 bits per heavy atom. The fourth-order valence-electron chi connectivity index (χ4n) is 1.79. The average molecular weight is 236 g/mol. The molecule has 0 aliphatic carbocycles. The number of ether oxygens (including phenoxy) is 1. The average Bonchev–Trinajstić information content (AvgIpc) is 2.31. The van der Waals surface area contributed by atoms with E-state index in [1.165, 1.54) is 12.0 Å². The topological polar surface area (TPSA) is 24.5 Å². The molecule has 1 aliphatic heterocycles. The van der Waals surface area contributed by atoms with Gasteiger partial charge in [0.2, 0.25) is 0 Å². The number of hydrogen-bond donors (Lipinski definition) is 1. The van der Waals surface area contributed by atoms with Crippen LogP contribution >= 0.6 is 0 Å². The monoisotopic (exact) mass is 236 g/mol. The maximum Gasteiger partial charge on any atom is 0.127 e. The van der Waals surface area contributed by atoms with Crippen LogP contribution in [0.4, 0.5) is 0 Å². The van der Waals surface area contributed by atoms with E-state index in [0.717, 1.165) is 31.1 Å². The van der Waals surface area contributed by atoms with Gasteiger partial charge in [-0.05, 0) is 26.5 Å². The predicted octanol–water partition coefficient (Wildman–Crippen LogP) is 2.64. The maximum absolute atomic E-state index is 5.64. The van der Waals surface area contributed by atoms with Gasteiger partial charge < -0.3 is 15.0 Å². The van der Waals surface area contributed by atoms with E-state index >= 15 is 0 Å². The number of nitrogens with one attached hydrogen (secondary N) is 1. The smallest absolute Gasteiger partial charge is 0.127 e. The lowest BCUT2D eigenvalue weighted by atomic mass is 10.1. The van der Waals surface area contributed by atoms with Crippen LogP contribution < -0.4 is 5.32 Å². The van der Waals surface area contributed by atoms with Gasteiger partial charge in [-0.2, -0.15) is 0 Å². The van der Waals surface area contributed by atoms with Crippen LogP contribution in [0, 0.1) is 0 Å². The third-order valence-corrected chi connectivity index (χ3v) is 2.77. The summed E-state index contributed by atoms with van der Waals surface area (Å²) in [5.41, 5.74) is 2.43. The summed E-state index contributed by atoms with van der Waals surface area (Å²) in [4.78, 5) is 2.19. The molecular formula is C14H24N2O. The van der Waals surface area contributed by atoms with Gasteiger partial charge in [-0.3, -0.25) is 0 Å². The molecule has 1 aliphatic rings. The number of rotatable bonds is 5. The molecule has 96 valence electrons. The molecule has 17 heavy (non-hydrogen) atoms. The highest BCUT2D eigenvalue weighted by Gasteiger charge is 2.16. The summed E-state index contributed by atoms with van der Waals surface area (Å²) >= 11 is 0. The van der Waals surface area contributed by atoms with Gasteiger partial charge in [0, 0.05) is 5.70 Å². The zero-order valence-electron chi connectivity index (χ0n) is 11.3. The first kappa shape index (κ1) is 13.8. The third-order valence-electron chi connectivity index (χ3n) is 2.77. The molecule has 0 amide bonds. The van der Waals surface area contributed by atoms with Gasteiger partial charge in [0.1, 0.15) is 12.4 Å². The molecule has 0 bridgehead atoms.